The minimum absolute atomic E-state index is 0.0402. The number of piperazine rings is 1. The van der Waals surface area contributed by atoms with Gasteiger partial charge in [-0.1, -0.05) is 22.0 Å². The Bertz CT molecular complexity index is 577. The van der Waals surface area contributed by atoms with E-state index in [1.165, 1.54) is 0 Å². The van der Waals surface area contributed by atoms with E-state index < -0.39 is 6.04 Å². The Kier molecular flexibility index (Phi) is 4.17. The number of benzene rings is 1. The summed E-state index contributed by atoms with van der Waals surface area (Å²) in [5.41, 5.74) is 1.78. The van der Waals surface area contributed by atoms with E-state index in [0.717, 1.165) is 15.7 Å². The zero-order chi connectivity index (χ0) is 14.9. The normalized spacial score (nSPS) is 21.6. The van der Waals surface area contributed by atoms with Gasteiger partial charge in [-0.15, -0.1) is 0 Å². The van der Waals surface area contributed by atoms with Crippen LogP contribution in [0.4, 0.5) is 5.69 Å². The topological polar surface area (TPSA) is 56.1 Å². The number of aryl methyl sites for hydroxylation is 1. The number of nitrogens with zero attached hydrogens (tertiary/aromatic N) is 2. The van der Waals surface area contributed by atoms with E-state index in [1.807, 2.05) is 39.0 Å². The van der Waals surface area contributed by atoms with Crippen LogP contribution in [0.25, 0.3) is 0 Å². The van der Waals surface area contributed by atoms with Crippen LogP contribution in [-0.2, 0) is 4.79 Å². The van der Waals surface area contributed by atoms with Crippen LogP contribution < -0.4 is 10.2 Å². The molecule has 1 fully saturated rings. The van der Waals surface area contributed by atoms with Gasteiger partial charge in [-0.05, 0) is 38.5 Å². The SMILES string of the molecule is Cc1ccc(N2CC(C)(C)NC(CC#N)C2=O)cc1Br. The molecule has 0 saturated carbocycles. The lowest BCUT2D eigenvalue weighted by molar-refractivity contribution is -0.122. The van der Waals surface area contributed by atoms with Crippen LogP contribution in [-0.4, -0.2) is 24.0 Å². The average molecular weight is 336 g/mol. The number of amides is 1. The molecule has 1 heterocycles. The summed E-state index contributed by atoms with van der Waals surface area (Å²) in [6.45, 7) is 6.68. The molecule has 1 unspecified atom stereocenters. The zero-order valence-corrected chi connectivity index (χ0v) is 13.5. The molecule has 1 aromatic rings. The number of halogens is 1. The van der Waals surface area contributed by atoms with Gasteiger partial charge in [-0.3, -0.25) is 10.1 Å². The van der Waals surface area contributed by atoms with Gasteiger partial charge < -0.3 is 4.90 Å². The molecule has 1 amide bonds. The second-order valence-corrected chi connectivity index (χ2v) is 6.66. The highest BCUT2D eigenvalue weighted by atomic mass is 79.9. The Hall–Kier alpha value is -1.38. The number of rotatable bonds is 2. The molecule has 1 aromatic carbocycles. The molecule has 5 heteroatoms. The van der Waals surface area contributed by atoms with Gasteiger partial charge in [-0.2, -0.15) is 5.26 Å². The first-order chi connectivity index (χ1) is 9.34. The van der Waals surface area contributed by atoms with Crippen molar-refractivity contribution >= 4 is 27.5 Å². The standard InChI is InChI=1S/C15H18BrN3O/c1-10-4-5-11(8-12(10)16)19-9-15(2,3)18-13(6-7-17)14(19)20/h4-5,8,13,18H,6,9H2,1-3H3. The minimum Gasteiger partial charge on any atom is -0.309 e. The van der Waals surface area contributed by atoms with Crippen molar-refractivity contribution in [1.29, 1.82) is 5.26 Å². The third-order valence-electron chi connectivity index (χ3n) is 3.44. The first-order valence-electron chi connectivity index (χ1n) is 6.56. The van der Waals surface area contributed by atoms with Crippen LogP contribution in [0.5, 0.6) is 0 Å². The zero-order valence-electron chi connectivity index (χ0n) is 11.9. The van der Waals surface area contributed by atoms with E-state index >= 15 is 0 Å². The third-order valence-corrected chi connectivity index (χ3v) is 4.30. The minimum atomic E-state index is -0.441. The van der Waals surface area contributed by atoms with Crippen molar-refractivity contribution in [3.63, 3.8) is 0 Å². The first kappa shape index (κ1) is 15.0. The Morgan fingerprint density at radius 3 is 2.85 bits per heavy atom. The number of anilines is 1. The molecule has 0 spiro atoms. The van der Waals surface area contributed by atoms with Gasteiger partial charge in [-0.25, -0.2) is 0 Å². The fourth-order valence-corrected chi connectivity index (χ4v) is 2.80. The van der Waals surface area contributed by atoms with Crippen molar-refractivity contribution in [2.24, 2.45) is 0 Å². The van der Waals surface area contributed by atoms with Gasteiger partial charge in [0.05, 0.1) is 12.5 Å². The van der Waals surface area contributed by atoms with Gasteiger partial charge in [0, 0.05) is 22.2 Å². The van der Waals surface area contributed by atoms with Gasteiger partial charge in [0.1, 0.15) is 6.04 Å². The molecule has 1 aliphatic rings. The number of carbonyl (C=O) groups excluding carboxylic acids is 1. The second kappa shape index (κ2) is 5.55. The van der Waals surface area contributed by atoms with Gasteiger partial charge in [0.2, 0.25) is 5.91 Å². The van der Waals surface area contributed by atoms with E-state index in [-0.39, 0.29) is 17.9 Å². The van der Waals surface area contributed by atoms with Gasteiger partial charge >= 0.3 is 0 Å². The predicted octanol–water partition coefficient (Wildman–Crippen LogP) is 2.75. The van der Waals surface area contributed by atoms with Gasteiger partial charge in [0.25, 0.3) is 0 Å². The molecular formula is C15H18BrN3O. The van der Waals surface area contributed by atoms with Crippen LogP contribution in [0, 0.1) is 18.3 Å². The summed E-state index contributed by atoms with van der Waals surface area (Å²) in [5, 5.41) is 12.1. The maximum atomic E-state index is 12.5. The molecule has 0 aromatic heterocycles. The van der Waals surface area contributed by atoms with Crippen LogP contribution >= 0.6 is 15.9 Å². The monoisotopic (exact) mass is 335 g/mol. The van der Waals surface area contributed by atoms with Crippen molar-refractivity contribution in [3.05, 3.63) is 28.2 Å². The van der Waals surface area contributed by atoms with Crippen molar-refractivity contribution in [1.82, 2.24) is 5.32 Å². The quantitative estimate of drug-likeness (QED) is 0.904. The summed E-state index contributed by atoms with van der Waals surface area (Å²) in [7, 11) is 0. The summed E-state index contributed by atoms with van der Waals surface area (Å²) in [4.78, 5) is 14.3. The fraction of sp³-hybridized carbons (Fsp3) is 0.467. The summed E-state index contributed by atoms with van der Waals surface area (Å²) < 4.78 is 0.982. The molecule has 4 nitrogen and oxygen atoms in total. The number of hydrogen-bond donors (Lipinski definition) is 1. The Morgan fingerprint density at radius 1 is 1.55 bits per heavy atom. The smallest absolute Gasteiger partial charge is 0.245 e. The van der Waals surface area contributed by atoms with E-state index in [4.69, 9.17) is 5.26 Å². The molecule has 1 aliphatic heterocycles. The van der Waals surface area contributed by atoms with Crippen molar-refractivity contribution < 1.29 is 4.79 Å². The number of nitriles is 1. The molecule has 0 bridgehead atoms. The summed E-state index contributed by atoms with van der Waals surface area (Å²) in [6.07, 6.45) is 0.186. The van der Waals surface area contributed by atoms with E-state index in [0.29, 0.717) is 6.54 Å². The Balaban J connectivity index is 2.35. The largest absolute Gasteiger partial charge is 0.309 e. The highest BCUT2D eigenvalue weighted by Crippen LogP contribution is 2.28. The lowest BCUT2D eigenvalue weighted by atomic mass is 9.96. The van der Waals surface area contributed by atoms with Gasteiger partial charge in [0.15, 0.2) is 0 Å². The maximum absolute atomic E-state index is 12.5. The molecule has 0 aliphatic carbocycles. The summed E-state index contributed by atoms with van der Waals surface area (Å²) in [6, 6.07) is 7.53. The van der Waals surface area contributed by atoms with Crippen molar-refractivity contribution in [2.75, 3.05) is 11.4 Å². The summed E-state index contributed by atoms with van der Waals surface area (Å²) in [5.74, 6) is -0.0402. The predicted molar refractivity (Wildman–Crippen MR) is 82.5 cm³/mol. The molecule has 1 saturated heterocycles. The Morgan fingerprint density at radius 2 is 2.25 bits per heavy atom. The number of nitrogens with one attached hydrogen (secondary N) is 1. The molecule has 1 atom stereocenters. The maximum Gasteiger partial charge on any atom is 0.245 e. The fourth-order valence-electron chi connectivity index (χ4n) is 2.44. The van der Waals surface area contributed by atoms with Crippen LogP contribution in [0.2, 0.25) is 0 Å². The van der Waals surface area contributed by atoms with E-state index in [9.17, 15) is 4.79 Å². The van der Waals surface area contributed by atoms with E-state index in [1.54, 1.807) is 4.90 Å². The van der Waals surface area contributed by atoms with Crippen LogP contribution in [0.3, 0.4) is 0 Å². The molecule has 0 radical (unpaired) electrons. The number of carbonyl (C=O) groups is 1. The average Bonchev–Trinajstić information content (AvgIpc) is 2.37. The Labute approximate surface area is 127 Å². The molecule has 106 valence electrons. The van der Waals surface area contributed by atoms with Crippen molar-refractivity contribution in [2.45, 2.75) is 38.8 Å². The van der Waals surface area contributed by atoms with Crippen molar-refractivity contribution in [3.8, 4) is 6.07 Å². The molecule has 1 N–H and O–H groups in total. The van der Waals surface area contributed by atoms with E-state index in [2.05, 4.69) is 27.3 Å². The highest BCUT2D eigenvalue weighted by molar-refractivity contribution is 9.10. The van der Waals surface area contributed by atoms with Crippen LogP contribution in [0.15, 0.2) is 22.7 Å². The number of hydrogen-bond acceptors (Lipinski definition) is 3. The molecule has 2 rings (SSSR count). The highest BCUT2D eigenvalue weighted by Gasteiger charge is 2.38. The lowest BCUT2D eigenvalue weighted by Crippen LogP contribution is -2.65. The third kappa shape index (κ3) is 3.02. The lowest BCUT2D eigenvalue weighted by Gasteiger charge is -2.42. The molecule has 20 heavy (non-hydrogen) atoms. The summed E-state index contributed by atoms with van der Waals surface area (Å²) >= 11 is 3.50. The second-order valence-electron chi connectivity index (χ2n) is 5.80. The molecular weight excluding hydrogens is 318 g/mol. The van der Waals surface area contributed by atoms with Crippen LogP contribution in [0.1, 0.15) is 25.8 Å². The first-order valence-corrected chi connectivity index (χ1v) is 7.35.